The lowest BCUT2D eigenvalue weighted by Crippen LogP contribution is -2.38. The van der Waals surface area contributed by atoms with E-state index in [4.69, 9.17) is 5.73 Å². The van der Waals surface area contributed by atoms with E-state index in [9.17, 15) is 12.8 Å². The van der Waals surface area contributed by atoms with Crippen LogP contribution in [0.1, 0.15) is 32.6 Å². The molecular formula is C13H19FN2O2S. The SMILES string of the molecule is CC1CCCCCN1S(=O)(=O)c1ccc(N)cc1F. The first-order chi connectivity index (χ1) is 8.93. The molecule has 0 aromatic heterocycles. The Morgan fingerprint density at radius 2 is 2.05 bits per heavy atom. The minimum Gasteiger partial charge on any atom is -0.399 e. The van der Waals surface area contributed by atoms with Gasteiger partial charge in [0.25, 0.3) is 0 Å². The molecule has 0 aliphatic carbocycles. The molecule has 2 rings (SSSR count). The summed E-state index contributed by atoms with van der Waals surface area (Å²) in [6.45, 7) is 2.32. The van der Waals surface area contributed by atoms with Gasteiger partial charge in [-0.05, 0) is 38.0 Å². The molecule has 1 heterocycles. The third-order valence-corrected chi connectivity index (χ3v) is 5.58. The van der Waals surface area contributed by atoms with E-state index in [1.165, 1.54) is 16.4 Å². The first-order valence-electron chi connectivity index (χ1n) is 6.50. The number of nitrogens with zero attached hydrogens (tertiary/aromatic N) is 1. The third kappa shape index (κ3) is 2.90. The van der Waals surface area contributed by atoms with E-state index in [-0.39, 0.29) is 16.6 Å². The maximum atomic E-state index is 13.8. The summed E-state index contributed by atoms with van der Waals surface area (Å²) in [7, 11) is -3.78. The Hall–Kier alpha value is -1.14. The van der Waals surface area contributed by atoms with Crippen LogP contribution in [0.5, 0.6) is 0 Å². The predicted molar refractivity (Wildman–Crippen MR) is 72.6 cm³/mol. The predicted octanol–water partition coefficient (Wildman–Crippen LogP) is 2.36. The molecule has 0 amide bonds. The van der Waals surface area contributed by atoms with Crippen molar-refractivity contribution in [1.29, 1.82) is 0 Å². The first kappa shape index (κ1) is 14.3. The average molecular weight is 286 g/mol. The van der Waals surface area contributed by atoms with Crippen LogP contribution in [-0.4, -0.2) is 25.3 Å². The highest BCUT2D eigenvalue weighted by molar-refractivity contribution is 7.89. The van der Waals surface area contributed by atoms with Crippen LogP contribution >= 0.6 is 0 Å². The number of nitrogens with two attached hydrogens (primary N) is 1. The molecule has 0 bridgehead atoms. The van der Waals surface area contributed by atoms with Crippen LogP contribution in [-0.2, 0) is 10.0 Å². The van der Waals surface area contributed by atoms with Crippen molar-refractivity contribution in [2.24, 2.45) is 0 Å². The number of benzene rings is 1. The topological polar surface area (TPSA) is 63.4 Å². The molecule has 1 fully saturated rings. The number of rotatable bonds is 2. The highest BCUT2D eigenvalue weighted by Crippen LogP contribution is 2.26. The molecule has 1 aromatic carbocycles. The fourth-order valence-corrected chi connectivity index (χ4v) is 4.20. The summed E-state index contributed by atoms with van der Waals surface area (Å²) in [6.07, 6.45) is 3.66. The third-order valence-electron chi connectivity index (χ3n) is 3.53. The molecular weight excluding hydrogens is 267 g/mol. The molecule has 2 N–H and O–H groups in total. The second-order valence-electron chi connectivity index (χ2n) is 5.00. The van der Waals surface area contributed by atoms with E-state index in [0.29, 0.717) is 6.54 Å². The van der Waals surface area contributed by atoms with E-state index >= 15 is 0 Å². The molecule has 0 saturated carbocycles. The summed E-state index contributed by atoms with van der Waals surface area (Å²) in [5.41, 5.74) is 5.68. The second-order valence-corrected chi connectivity index (χ2v) is 6.86. The zero-order valence-corrected chi connectivity index (χ0v) is 11.8. The molecule has 1 unspecified atom stereocenters. The van der Waals surface area contributed by atoms with E-state index in [1.54, 1.807) is 0 Å². The number of hydrogen-bond acceptors (Lipinski definition) is 3. The van der Waals surface area contributed by atoms with Crippen molar-refractivity contribution < 1.29 is 12.8 Å². The van der Waals surface area contributed by atoms with Gasteiger partial charge in [-0.15, -0.1) is 0 Å². The first-order valence-corrected chi connectivity index (χ1v) is 7.94. The highest BCUT2D eigenvalue weighted by atomic mass is 32.2. The molecule has 1 aromatic rings. The molecule has 6 heteroatoms. The average Bonchev–Trinajstić information content (AvgIpc) is 2.53. The minimum atomic E-state index is -3.78. The van der Waals surface area contributed by atoms with Crippen molar-refractivity contribution in [1.82, 2.24) is 4.31 Å². The molecule has 0 radical (unpaired) electrons. The molecule has 1 saturated heterocycles. The van der Waals surface area contributed by atoms with Crippen molar-refractivity contribution in [2.45, 2.75) is 43.5 Å². The molecule has 1 atom stereocenters. The van der Waals surface area contributed by atoms with Crippen LogP contribution in [0.15, 0.2) is 23.1 Å². The van der Waals surface area contributed by atoms with Crippen molar-refractivity contribution in [3.05, 3.63) is 24.0 Å². The summed E-state index contributed by atoms with van der Waals surface area (Å²) in [6, 6.07) is 3.62. The smallest absolute Gasteiger partial charge is 0.246 e. The largest absolute Gasteiger partial charge is 0.399 e. The fraction of sp³-hybridized carbons (Fsp3) is 0.538. The molecule has 1 aliphatic rings. The Bertz CT molecular complexity index is 560. The van der Waals surface area contributed by atoms with Gasteiger partial charge in [0.2, 0.25) is 10.0 Å². The lowest BCUT2D eigenvalue weighted by Gasteiger charge is -2.26. The van der Waals surface area contributed by atoms with E-state index < -0.39 is 15.8 Å². The Kier molecular flexibility index (Phi) is 4.10. The van der Waals surface area contributed by atoms with Gasteiger partial charge in [0.1, 0.15) is 10.7 Å². The Morgan fingerprint density at radius 3 is 2.74 bits per heavy atom. The lowest BCUT2D eigenvalue weighted by molar-refractivity contribution is 0.340. The van der Waals surface area contributed by atoms with Gasteiger partial charge < -0.3 is 5.73 Å². The van der Waals surface area contributed by atoms with Gasteiger partial charge in [-0.25, -0.2) is 12.8 Å². The summed E-state index contributed by atoms with van der Waals surface area (Å²) in [5, 5.41) is 0. The summed E-state index contributed by atoms with van der Waals surface area (Å²) < 4.78 is 40.3. The van der Waals surface area contributed by atoms with Crippen molar-refractivity contribution >= 4 is 15.7 Å². The summed E-state index contributed by atoms with van der Waals surface area (Å²) in [5.74, 6) is -0.781. The molecule has 19 heavy (non-hydrogen) atoms. The molecule has 0 spiro atoms. The van der Waals surface area contributed by atoms with Gasteiger partial charge >= 0.3 is 0 Å². The van der Waals surface area contributed by atoms with Crippen LogP contribution in [0.4, 0.5) is 10.1 Å². The number of nitrogen functional groups attached to an aromatic ring is 1. The normalized spacial score (nSPS) is 22.1. The maximum absolute atomic E-state index is 13.8. The minimum absolute atomic E-state index is 0.0931. The van der Waals surface area contributed by atoms with Crippen LogP contribution in [0, 0.1) is 5.82 Å². The Balaban J connectivity index is 2.40. The summed E-state index contributed by atoms with van der Waals surface area (Å²) in [4.78, 5) is -0.282. The highest BCUT2D eigenvalue weighted by Gasteiger charge is 2.31. The monoisotopic (exact) mass is 286 g/mol. The molecule has 1 aliphatic heterocycles. The van der Waals surface area contributed by atoms with Crippen molar-refractivity contribution in [2.75, 3.05) is 12.3 Å². The summed E-state index contributed by atoms with van der Waals surface area (Å²) >= 11 is 0. The van der Waals surface area contributed by atoms with Crippen molar-refractivity contribution in [3.63, 3.8) is 0 Å². The van der Waals surface area contributed by atoms with Gasteiger partial charge in [0, 0.05) is 18.3 Å². The van der Waals surface area contributed by atoms with Gasteiger partial charge in [-0.2, -0.15) is 4.31 Å². The van der Waals surface area contributed by atoms with Gasteiger partial charge in [-0.3, -0.25) is 0 Å². The lowest BCUT2D eigenvalue weighted by atomic mass is 10.1. The van der Waals surface area contributed by atoms with Gasteiger partial charge in [0.15, 0.2) is 0 Å². The van der Waals surface area contributed by atoms with Crippen LogP contribution in [0.3, 0.4) is 0 Å². The van der Waals surface area contributed by atoms with Crippen LogP contribution in [0.25, 0.3) is 0 Å². The standard InChI is InChI=1S/C13H19FN2O2S/c1-10-5-3-2-4-8-16(10)19(17,18)13-7-6-11(15)9-12(13)14/h6-7,9-10H,2-5,8,15H2,1H3. The Labute approximate surface area is 113 Å². The van der Waals surface area contributed by atoms with Gasteiger partial charge in [0.05, 0.1) is 0 Å². The molecule has 106 valence electrons. The number of hydrogen-bond donors (Lipinski definition) is 1. The fourth-order valence-electron chi connectivity index (χ4n) is 2.46. The Morgan fingerprint density at radius 1 is 1.32 bits per heavy atom. The van der Waals surface area contributed by atoms with Crippen LogP contribution in [0.2, 0.25) is 0 Å². The van der Waals surface area contributed by atoms with Crippen molar-refractivity contribution in [3.8, 4) is 0 Å². The quantitative estimate of drug-likeness (QED) is 0.849. The molecule has 4 nitrogen and oxygen atoms in total. The van der Waals surface area contributed by atoms with E-state index in [0.717, 1.165) is 31.7 Å². The van der Waals surface area contributed by atoms with E-state index in [1.807, 2.05) is 6.92 Å². The van der Waals surface area contributed by atoms with Crippen LogP contribution < -0.4 is 5.73 Å². The van der Waals surface area contributed by atoms with Gasteiger partial charge in [-0.1, -0.05) is 12.8 Å². The zero-order valence-electron chi connectivity index (χ0n) is 11.0. The number of sulfonamides is 1. The number of halogens is 1. The maximum Gasteiger partial charge on any atom is 0.246 e. The zero-order chi connectivity index (χ0) is 14.0. The van der Waals surface area contributed by atoms with E-state index in [2.05, 4.69) is 0 Å². The second kappa shape index (κ2) is 5.46. The number of anilines is 1.